The van der Waals surface area contributed by atoms with Gasteiger partial charge in [-0.2, -0.15) is 0 Å². The van der Waals surface area contributed by atoms with Gasteiger partial charge in [0.2, 0.25) is 5.91 Å². The zero-order valence-electron chi connectivity index (χ0n) is 14.3. The highest BCUT2D eigenvalue weighted by Crippen LogP contribution is 2.28. The van der Waals surface area contributed by atoms with Gasteiger partial charge < -0.3 is 27.4 Å². The van der Waals surface area contributed by atoms with Gasteiger partial charge in [-0.1, -0.05) is 24.6 Å². The molecule has 2 aliphatic heterocycles. The van der Waals surface area contributed by atoms with Gasteiger partial charge in [0.1, 0.15) is 31.0 Å². The lowest BCUT2D eigenvalue weighted by Gasteiger charge is -2.33. The SMILES string of the molecule is [B]C1=CCC2C(C1)NC(CNC(=O)C1NC(Cl)=C(N)NC1N)N2CC. The van der Waals surface area contributed by atoms with Gasteiger partial charge in [-0.25, -0.2) is 0 Å². The van der Waals surface area contributed by atoms with Crippen LogP contribution in [0, 0.1) is 0 Å². The van der Waals surface area contributed by atoms with Crippen molar-refractivity contribution >= 4 is 25.4 Å². The van der Waals surface area contributed by atoms with Gasteiger partial charge in [0.25, 0.3) is 0 Å². The second kappa shape index (κ2) is 7.45. The molecular weight excluding hydrogens is 340 g/mol. The highest BCUT2D eigenvalue weighted by molar-refractivity contribution is 6.29. The van der Waals surface area contributed by atoms with Crippen molar-refractivity contribution in [1.29, 1.82) is 0 Å². The number of hydrogen-bond acceptors (Lipinski definition) is 7. The van der Waals surface area contributed by atoms with Crippen LogP contribution in [0.25, 0.3) is 0 Å². The number of rotatable bonds is 4. The Hall–Kier alpha value is -1.42. The Morgan fingerprint density at radius 3 is 3.00 bits per heavy atom. The number of fused-ring (bicyclic) bond motifs is 1. The third kappa shape index (κ3) is 3.74. The highest BCUT2D eigenvalue weighted by Gasteiger charge is 2.40. The van der Waals surface area contributed by atoms with Crippen molar-refractivity contribution in [3.05, 3.63) is 22.5 Å². The summed E-state index contributed by atoms with van der Waals surface area (Å²) in [5.41, 5.74) is 12.5. The number of nitrogens with zero attached hydrogens (tertiary/aromatic N) is 1. The average molecular weight is 366 g/mol. The maximum Gasteiger partial charge on any atom is 0.246 e. The summed E-state index contributed by atoms with van der Waals surface area (Å²) >= 11 is 5.95. The summed E-state index contributed by atoms with van der Waals surface area (Å²) in [7, 11) is 5.96. The minimum Gasteiger partial charge on any atom is -0.383 e. The third-order valence-electron chi connectivity index (χ3n) is 5.09. The molecule has 3 aliphatic rings. The van der Waals surface area contributed by atoms with Gasteiger partial charge in [0.05, 0.1) is 6.17 Å². The minimum absolute atomic E-state index is 0.0621. The summed E-state index contributed by atoms with van der Waals surface area (Å²) in [5.74, 6) is 0.0120. The molecule has 2 heterocycles. The number of nitrogens with two attached hydrogens (primary N) is 2. The number of carbonyl (C=O) groups excluding carboxylic acids is 1. The number of amides is 1. The van der Waals surface area contributed by atoms with E-state index in [0.29, 0.717) is 18.6 Å². The number of carbonyl (C=O) groups is 1. The van der Waals surface area contributed by atoms with E-state index in [-0.39, 0.29) is 23.1 Å². The number of hydrogen-bond donors (Lipinski definition) is 6. The molecule has 136 valence electrons. The lowest BCUT2D eigenvalue weighted by atomic mass is 9.81. The van der Waals surface area contributed by atoms with Crippen LogP contribution in [0.5, 0.6) is 0 Å². The van der Waals surface area contributed by atoms with Crippen LogP contribution >= 0.6 is 11.6 Å². The van der Waals surface area contributed by atoms with Crippen molar-refractivity contribution in [2.24, 2.45) is 11.5 Å². The van der Waals surface area contributed by atoms with E-state index in [1.807, 2.05) is 0 Å². The van der Waals surface area contributed by atoms with E-state index in [4.69, 9.17) is 30.9 Å². The van der Waals surface area contributed by atoms with Crippen molar-refractivity contribution in [2.45, 2.75) is 50.2 Å². The molecule has 8 nitrogen and oxygen atoms in total. The van der Waals surface area contributed by atoms with Crippen molar-refractivity contribution in [1.82, 2.24) is 26.2 Å². The largest absolute Gasteiger partial charge is 0.383 e. The second-order valence-corrected chi connectivity index (χ2v) is 7.05. The summed E-state index contributed by atoms with van der Waals surface area (Å²) in [6.45, 7) is 3.49. The van der Waals surface area contributed by atoms with E-state index < -0.39 is 12.2 Å². The van der Waals surface area contributed by atoms with E-state index in [1.165, 1.54) is 0 Å². The lowest BCUT2D eigenvalue weighted by Crippen LogP contribution is -2.64. The second-order valence-electron chi connectivity index (χ2n) is 6.67. The van der Waals surface area contributed by atoms with Crippen LogP contribution in [0.1, 0.15) is 19.8 Å². The van der Waals surface area contributed by atoms with E-state index in [1.54, 1.807) is 0 Å². The van der Waals surface area contributed by atoms with Crippen LogP contribution in [0.15, 0.2) is 22.5 Å². The fraction of sp³-hybridized carbons (Fsp3) is 0.667. The summed E-state index contributed by atoms with van der Waals surface area (Å²) in [5, 5.41) is 12.3. The zero-order valence-corrected chi connectivity index (χ0v) is 15.0. The molecule has 1 amide bonds. The van der Waals surface area contributed by atoms with Crippen molar-refractivity contribution < 1.29 is 4.79 Å². The lowest BCUT2D eigenvalue weighted by molar-refractivity contribution is -0.124. The molecule has 8 N–H and O–H groups in total. The van der Waals surface area contributed by atoms with Crippen LogP contribution < -0.4 is 32.7 Å². The first-order valence-corrected chi connectivity index (χ1v) is 8.96. The molecule has 2 radical (unpaired) electrons. The van der Waals surface area contributed by atoms with Crippen LogP contribution in [0.2, 0.25) is 0 Å². The smallest absolute Gasteiger partial charge is 0.246 e. The predicted octanol–water partition coefficient (Wildman–Crippen LogP) is -1.89. The van der Waals surface area contributed by atoms with Gasteiger partial charge in [-0.05, 0) is 19.4 Å². The number of likely N-dealkylation sites (N-methyl/N-ethyl adjacent to an activating group) is 1. The number of halogens is 1. The molecule has 0 aromatic carbocycles. The first-order valence-electron chi connectivity index (χ1n) is 8.58. The van der Waals surface area contributed by atoms with Gasteiger partial charge >= 0.3 is 0 Å². The summed E-state index contributed by atoms with van der Waals surface area (Å²) in [6, 6.07) is 0.0460. The van der Waals surface area contributed by atoms with Crippen molar-refractivity contribution in [3.63, 3.8) is 0 Å². The molecule has 3 rings (SSSR count). The topological polar surface area (TPSA) is 120 Å². The molecule has 0 bridgehead atoms. The molecule has 0 saturated carbocycles. The molecule has 5 unspecified atom stereocenters. The van der Waals surface area contributed by atoms with Crippen LogP contribution in [-0.4, -0.2) is 62.2 Å². The first-order chi connectivity index (χ1) is 11.9. The standard InChI is InChI=1S/C15H25BClN7O/c1-2-24-9-4-3-7(16)5-8(9)21-10(24)6-20-15(25)11-13(18)23-14(19)12(17)22-11/h3,8-11,13,21-23H,2,4-6,18-19H2,1H3,(H,20,25). The number of nitrogens with one attached hydrogen (secondary N) is 4. The van der Waals surface area contributed by atoms with E-state index in [2.05, 4.69) is 39.2 Å². The van der Waals surface area contributed by atoms with Crippen LogP contribution in [0.4, 0.5) is 0 Å². The summed E-state index contributed by atoms with van der Waals surface area (Å²) in [4.78, 5) is 14.9. The Kier molecular flexibility index (Phi) is 5.48. The Labute approximate surface area is 154 Å². The molecule has 1 aliphatic carbocycles. The van der Waals surface area contributed by atoms with Gasteiger partial charge in [-0.15, -0.1) is 5.47 Å². The minimum atomic E-state index is -0.684. The summed E-state index contributed by atoms with van der Waals surface area (Å²) < 4.78 is 0. The van der Waals surface area contributed by atoms with Gasteiger partial charge in [-0.3, -0.25) is 15.0 Å². The monoisotopic (exact) mass is 365 g/mol. The molecule has 0 spiro atoms. The average Bonchev–Trinajstić information content (AvgIpc) is 2.92. The zero-order chi connectivity index (χ0) is 18.1. The third-order valence-corrected chi connectivity index (χ3v) is 5.40. The molecule has 1 saturated heterocycles. The fourth-order valence-electron chi connectivity index (χ4n) is 3.82. The van der Waals surface area contributed by atoms with Crippen LogP contribution in [0.3, 0.4) is 0 Å². The molecule has 10 heteroatoms. The molecule has 0 aromatic rings. The first kappa shape index (κ1) is 18.4. The van der Waals surface area contributed by atoms with Crippen molar-refractivity contribution in [2.75, 3.05) is 13.1 Å². The van der Waals surface area contributed by atoms with Gasteiger partial charge in [0.15, 0.2) is 0 Å². The molecule has 5 atom stereocenters. The fourth-order valence-corrected chi connectivity index (χ4v) is 3.99. The Bertz CT molecular complexity index is 598. The summed E-state index contributed by atoms with van der Waals surface area (Å²) in [6.07, 6.45) is 3.28. The molecule has 25 heavy (non-hydrogen) atoms. The van der Waals surface area contributed by atoms with E-state index in [0.717, 1.165) is 24.9 Å². The van der Waals surface area contributed by atoms with E-state index in [9.17, 15) is 4.79 Å². The highest BCUT2D eigenvalue weighted by atomic mass is 35.5. The Morgan fingerprint density at radius 1 is 1.52 bits per heavy atom. The quantitative estimate of drug-likeness (QED) is 0.254. The molecule has 0 aromatic heterocycles. The van der Waals surface area contributed by atoms with E-state index >= 15 is 0 Å². The maximum absolute atomic E-state index is 12.5. The normalized spacial score (nSPS) is 35.5. The van der Waals surface area contributed by atoms with Crippen molar-refractivity contribution in [3.8, 4) is 0 Å². The van der Waals surface area contributed by atoms with Crippen LogP contribution in [-0.2, 0) is 4.79 Å². The molecule has 1 fully saturated rings. The Balaban J connectivity index is 1.57. The molecular formula is C15H25BClN7O. The predicted molar refractivity (Wildman–Crippen MR) is 98.1 cm³/mol. The van der Waals surface area contributed by atoms with Gasteiger partial charge in [0, 0.05) is 18.6 Å². The Morgan fingerprint density at radius 2 is 2.28 bits per heavy atom. The maximum atomic E-state index is 12.5.